The van der Waals surface area contributed by atoms with Crippen molar-refractivity contribution < 1.29 is 4.74 Å². The molecule has 2 rings (SSSR count). The fourth-order valence-electron chi connectivity index (χ4n) is 2.17. The number of imidazole rings is 1. The summed E-state index contributed by atoms with van der Waals surface area (Å²) in [6.45, 7) is 3.62. The van der Waals surface area contributed by atoms with Gasteiger partial charge in [0.25, 0.3) is 0 Å². The molecule has 1 atom stereocenters. The van der Waals surface area contributed by atoms with Gasteiger partial charge in [0, 0.05) is 42.7 Å². The van der Waals surface area contributed by atoms with Crippen molar-refractivity contribution in [3.05, 3.63) is 46.2 Å². The number of anilines is 1. The van der Waals surface area contributed by atoms with E-state index in [2.05, 4.69) is 21.8 Å². The Morgan fingerprint density at radius 2 is 2.19 bits per heavy atom. The minimum absolute atomic E-state index is 0.0715. The van der Waals surface area contributed by atoms with Gasteiger partial charge in [0.05, 0.1) is 6.04 Å². The quantitative estimate of drug-likeness (QED) is 0.773. The van der Waals surface area contributed by atoms with Crippen LogP contribution >= 0.6 is 23.2 Å². The number of hydrogen-bond acceptors (Lipinski definition) is 3. The molecule has 1 aromatic carbocycles. The lowest BCUT2D eigenvalue weighted by molar-refractivity contribution is 0.197. The summed E-state index contributed by atoms with van der Waals surface area (Å²) in [6, 6.07) is 5.63. The number of nitrogens with one attached hydrogen (secondary N) is 1. The maximum absolute atomic E-state index is 6.28. The van der Waals surface area contributed by atoms with Crippen molar-refractivity contribution in [2.24, 2.45) is 0 Å². The fraction of sp³-hybridized carbons (Fsp3) is 0.400. The summed E-state index contributed by atoms with van der Waals surface area (Å²) in [7, 11) is 1.70. The highest BCUT2D eigenvalue weighted by molar-refractivity contribution is 6.35. The standard InChI is InChI=1S/C15H19Cl2N3O/c1-11(13-5-4-12(16)10-14(13)17)20-8-7-19-15(20)18-6-3-9-21-2/h4-5,7-8,10-11H,3,6,9H2,1-2H3,(H,18,19). The van der Waals surface area contributed by atoms with Crippen LogP contribution in [0.3, 0.4) is 0 Å². The van der Waals surface area contributed by atoms with Gasteiger partial charge in [0.1, 0.15) is 0 Å². The van der Waals surface area contributed by atoms with E-state index < -0.39 is 0 Å². The van der Waals surface area contributed by atoms with Crippen molar-refractivity contribution >= 4 is 29.2 Å². The van der Waals surface area contributed by atoms with Crippen LogP contribution in [0.25, 0.3) is 0 Å². The van der Waals surface area contributed by atoms with Crippen LogP contribution in [0.4, 0.5) is 5.95 Å². The Morgan fingerprint density at radius 1 is 1.38 bits per heavy atom. The van der Waals surface area contributed by atoms with E-state index in [4.69, 9.17) is 27.9 Å². The van der Waals surface area contributed by atoms with Gasteiger partial charge in [-0.15, -0.1) is 0 Å². The average molecular weight is 328 g/mol. The van der Waals surface area contributed by atoms with Crippen molar-refractivity contribution in [2.75, 3.05) is 25.6 Å². The predicted octanol–water partition coefficient (Wildman–Crippen LogP) is 4.25. The summed E-state index contributed by atoms with van der Waals surface area (Å²) >= 11 is 12.2. The minimum Gasteiger partial charge on any atom is -0.385 e. The Balaban J connectivity index is 2.12. The summed E-state index contributed by atoms with van der Waals surface area (Å²) in [5.41, 5.74) is 1.01. The second-order valence-electron chi connectivity index (χ2n) is 4.77. The van der Waals surface area contributed by atoms with Crippen LogP contribution in [0.1, 0.15) is 24.9 Å². The lowest BCUT2D eigenvalue weighted by atomic mass is 10.1. The molecule has 0 aliphatic carbocycles. The van der Waals surface area contributed by atoms with Crippen LogP contribution in [-0.2, 0) is 4.74 Å². The van der Waals surface area contributed by atoms with E-state index in [1.165, 1.54) is 0 Å². The highest BCUT2D eigenvalue weighted by Gasteiger charge is 2.14. The number of methoxy groups -OCH3 is 1. The molecule has 1 unspecified atom stereocenters. The fourth-order valence-corrected chi connectivity index (χ4v) is 2.74. The summed E-state index contributed by atoms with van der Waals surface area (Å²) < 4.78 is 7.10. The average Bonchev–Trinajstić information content (AvgIpc) is 2.91. The van der Waals surface area contributed by atoms with Gasteiger partial charge >= 0.3 is 0 Å². The Kier molecular flexibility index (Phi) is 5.91. The van der Waals surface area contributed by atoms with E-state index in [0.717, 1.165) is 31.1 Å². The first-order chi connectivity index (χ1) is 10.1. The first kappa shape index (κ1) is 16.1. The number of rotatable bonds is 7. The van der Waals surface area contributed by atoms with Gasteiger partial charge in [0.2, 0.25) is 5.95 Å². The van der Waals surface area contributed by atoms with Crippen molar-refractivity contribution in [1.29, 1.82) is 0 Å². The van der Waals surface area contributed by atoms with Crippen LogP contribution in [0.15, 0.2) is 30.6 Å². The topological polar surface area (TPSA) is 39.1 Å². The van der Waals surface area contributed by atoms with E-state index in [-0.39, 0.29) is 6.04 Å². The Hall–Kier alpha value is -1.23. The van der Waals surface area contributed by atoms with Crippen LogP contribution in [0, 0.1) is 0 Å². The van der Waals surface area contributed by atoms with Crippen LogP contribution in [-0.4, -0.2) is 29.8 Å². The second-order valence-corrected chi connectivity index (χ2v) is 5.62. The van der Waals surface area contributed by atoms with E-state index in [1.54, 1.807) is 19.4 Å². The molecule has 1 aromatic heterocycles. The summed E-state index contributed by atoms with van der Waals surface area (Å²) in [5.74, 6) is 0.824. The third kappa shape index (κ3) is 4.13. The lowest BCUT2D eigenvalue weighted by Crippen LogP contribution is -2.13. The van der Waals surface area contributed by atoms with Crippen molar-refractivity contribution in [3.8, 4) is 0 Å². The highest BCUT2D eigenvalue weighted by Crippen LogP contribution is 2.30. The molecule has 114 valence electrons. The molecular weight excluding hydrogens is 309 g/mol. The SMILES string of the molecule is COCCCNc1nccn1C(C)c1ccc(Cl)cc1Cl. The third-order valence-electron chi connectivity index (χ3n) is 3.31. The summed E-state index contributed by atoms with van der Waals surface area (Å²) in [4.78, 5) is 4.35. The van der Waals surface area contributed by atoms with Gasteiger partial charge in [-0.3, -0.25) is 0 Å². The minimum atomic E-state index is 0.0715. The van der Waals surface area contributed by atoms with Gasteiger partial charge < -0.3 is 14.6 Å². The maximum Gasteiger partial charge on any atom is 0.203 e. The zero-order valence-corrected chi connectivity index (χ0v) is 13.7. The number of hydrogen-bond donors (Lipinski definition) is 1. The molecule has 0 saturated carbocycles. The van der Waals surface area contributed by atoms with Crippen molar-refractivity contribution in [1.82, 2.24) is 9.55 Å². The number of nitrogens with zero attached hydrogens (tertiary/aromatic N) is 2. The van der Waals surface area contributed by atoms with Crippen LogP contribution in [0.5, 0.6) is 0 Å². The molecule has 0 bridgehead atoms. The Morgan fingerprint density at radius 3 is 2.90 bits per heavy atom. The zero-order chi connectivity index (χ0) is 15.2. The number of aromatic nitrogens is 2. The first-order valence-electron chi connectivity index (χ1n) is 6.84. The van der Waals surface area contributed by atoms with Crippen LogP contribution < -0.4 is 5.32 Å². The molecule has 0 aliphatic heterocycles. The van der Waals surface area contributed by atoms with E-state index in [9.17, 15) is 0 Å². The Bertz CT molecular complexity index is 586. The van der Waals surface area contributed by atoms with Crippen LogP contribution in [0.2, 0.25) is 10.0 Å². The highest BCUT2D eigenvalue weighted by atomic mass is 35.5. The molecular formula is C15H19Cl2N3O. The zero-order valence-electron chi connectivity index (χ0n) is 12.1. The molecule has 1 N–H and O–H groups in total. The van der Waals surface area contributed by atoms with Crippen molar-refractivity contribution in [3.63, 3.8) is 0 Å². The molecule has 0 saturated heterocycles. The summed E-state index contributed by atoms with van der Waals surface area (Å²) in [5, 5.41) is 4.61. The van der Waals surface area contributed by atoms with Gasteiger partial charge in [0.15, 0.2) is 0 Å². The van der Waals surface area contributed by atoms with E-state index in [1.807, 2.05) is 18.3 Å². The number of halogens is 2. The van der Waals surface area contributed by atoms with Gasteiger partial charge in [-0.25, -0.2) is 4.98 Å². The molecule has 0 fully saturated rings. The van der Waals surface area contributed by atoms with E-state index >= 15 is 0 Å². The first-order valence-corrected chi connectivity index (χ1v) is 7.59. The molecule has 0 aliphatic rings. The van der Waals surface area contributed by atoms with Gasteiger partial charge in [-0.1, -0.05) is 29.3 Å². The molecule has 4 nitrogen and oxygen atoms in total. The Labute approximate surface area is 135 Å². The smallest absolute Gasteiger partial charge is 0.203 e. The van der Waals surface area contributed by atoms with Gasteiger partial charge in [-0.05, 0) is 31.0 Å². The normalized spacial score (nSPS) is 12.4. The molecule has 6 heteroatoms. The molecule has 2 aromatic rings. The molecule has 0 radical (unpaired) electrons. The second kappa shape index (κ2) is 7.69. The summed E-state index contributed by atoms with van der Waals surface area (Å²) in [6.07, 6.45) is 4.65. The number of benzene rings is 1. The third-order valence-corrected chi connectivity index (χ3v) is 3.87. The molecule has 1 heterocycles. The predicted molar refractivity (Wildman–Crippen MR) is 87.5 cm³/mol. The number of ether oxygens (including phenoxy) is 1. The molecule has 0 amide bonds. The lowest BCUT2D eigenvalue weighted by Gasteiger charge is -2.18. The molecule has 0 spiro atoms. The molecule has 21 heavy (non-hydrogen) atoms. The maximum atomic E-state index is 6.28. The van der Waals surface area contributed by atoms with Gasteiger partial charge in [-0.2, -0.15) is 0 Å². The monoisotopic (exact) mass is 327 g/mol. The largest absolute Gasteiger partial charge is 0.385 e. The van der Waals surface area contributed by atoms with Crippen molar-refractivity contribution in [2.45, 2.75) is 19.4 Å². The van der Waals surface area contributed by atoms with E-state index in [0.29, 0.717) is 10.0 Å².